The number of hydrogen-bond donors (Lipinski definition) is 2. The number of rotatable bonds is 5. The lowest BCUT2D eigenvalue weighted by Crippen LogP contribution is -2.36. The second-order valence-electron chi connectivity index (χ2n) is 7.88. The fourth-order valence-corrected chi connectivity index (χ4v) is 4.27. The first-order valence-electron chi connectivity index (χ1n) is 10.5. The predicted octanol–water partition coefficient (Wildman–Crippen LogP) is 4.44. The van der Waals surface area contributed by atoms with Crippen LogP contribution in [0.4, 0.5) is 17.6 Å². The van der Waals surface area contributed by atoms with Crippen molar-refractivity contribution in [3.05, 3.63) is 59.2 Å². The molecule has 2 heterocycles. The van der Waals surface area contributed by atoms with Gasteiger partial charge in [-0.2, -0.15) is 0 Å². The number of hydroxylamine groups is 1. The van der Waals surface area contributed by atoms with Crippen LogP contribution < -0.4 is 5.48 Å². The fourth-order valence-electron chi connectivity index (χ4n) is 4.27. The van der Waals surface area contributed by atoms with E-state index in [0.29, 0.717) is 24.1 Å². The quantitative estimate of drug-likeness (QED) is 0.147. The van der Waals surface area contributed by atoms with Crippen LogP contribution in [0.1, 0.15) is 31.4 Å². The molecule has 1 saturated heterocycles. The highest BCUT2D eigenvalue weighted by Crippen LogP contribution is 2.36. The number of likely N-dealkylation sites (tertiary alicyclic amines) is 1. The van der Waals surface area contributed by atoms with Crippen LogP contribution >= 0.6 is 0 Å². The number of likely N-dealkylation sites (N-methyl/N-ethyl adjacent to an activating group) is 1. The topological polar surface area (TPSA) is 70.4 Å². The number of amides is 1. The van der Waals surface area contributed by atoms with Crippen LogP contribution in [0, 0.1) is 23.3 Å². The number of benzene rings is 2. The minimum atomic E-state index is -1.90. The van der Waals surface area contributed by atoms with Crippen molar-refractivity contribution in [3.63, 3.8) is 0 Å². The van der Waals surface area contributed by atoms with Gasteiger partial charge in [-0.05, 0) is 43.6 Å². The summed E-state index contributed by atoms with van der Waals surface area (Å²) in [6.45, 7) is 4.11. The lowest BCUT2D eigenvalue weighted by atomic mass is 10.0. The number of nitrogens with zero attached hydrogens (tertiary/aromatic N) is 3. The summed E-state index contributed by atoms with van der Waals surface area (Å²) < 4.78 is 59.2. The van der Waals surface area contributed by atoms with Gasteiger partial charge >= 0.3 is 0 Å². The molecule has 33 heavy (non-hydrogen) atoms. The van der Waals surface area contributed by atoms with Crippen LogP contribution in [0.2, 0.25) is 0 Å². The molecule has 1 aliphatic heterocycles. The molecular formula is C23H22F4N4O2. The molecule has 2 N–H and O–H groups in total. The molecule has 1 aromatic heterocycles. The van der Waals surface area contributed by atoms with Gasteiger partial charge in [0.2, 0.25) is 0 Å². The van der Waals surface area contributed by atoms with Gasteiger partial charge in [-0.15, -0.1) is 0 Å². The van der Waals surface area contributed by atoms with Gasteiger partial charge in [-0.3, -0.25) is 10.0 Å². The van der Waals surface area contributed by atoms with Crippen molar-refractivity contribution in [2.24, 2.45) is 0 Å². The first-order chi connectivity index (χ1) is 15.8. The second-order valence-corrected chi connectivity index (χ2v) is 7.88. The number of halogens is 4. The Bertz CT molecular complexity index is 1240. The molecule has 0 bridgehead atoms. The van der Waals surface area contributed by atoms with Gasteiger partial charge in [0.1, 0.15) is 16.9 Å². The largest absolute Gasteiger partial charge is 0.317 e. The third-order valence-electron chi connectivity index (χ3n) is 5.88. The van der Waals surface area contributed by atoms with E-state index in [1.54, 1.807) is 24.3 Å². The summed E-state index contributed by atoms with van der Waals surface area (Å²) >= 11 is 0. The molecule has 4 rings (SSSR count). The van der Waals surface area contributed by atoms with E-state index in [-0.39, 0.29) is 11.9 Å². The average Bonchev–Trinajstić information content (AvgIpc) is 3.26. The first kappa shape index (κ1) is 22.9. The Morgan fingerprint density at radius 3 is 2.70 bits per heavy atom. The number of fused-ring (bicyclic) bond motifs is 1. The number of aromatic nitrogens is 2. The van der Waals surface area contributed by atoms with E-state index >= 15 is 0 Å². The minimum Gasteiger partial charge on any atom is -0.317 e. The van der Waals surface area contributed by atoms with Crippen LogP contribution in [-0.4, -0.2) is 45.2 Å². The van der Waals surface area contributed by atoms with Gasteiger partial charge in [0.15, 0.2) is 23.3 Å². The van der Waals surface area contributed by atoms with Gasteiger partial charge in [0.05, 0.1) is 0 Å². The van der Waals surface area contributed by atoms with E-state index in [1.807, 2.05) is 6.92 Å². The van der Waals surface area contributed by atoms with E-state index in [0.717, 1.165) is 25.6 Å². The zero-order valence-electron chi connectivity index (χ0n) is 17.8. The minimum absolute atomic E-state index is 0.164. The molecular weight excluding hydrogens is 440 g/mol. The number of hydrogen-bond acceptors (Lipinski definition) is 4. The molecule has 0 saturated carbocycles. The Kier molecular flexibility index (Phi) is 6.48. The van der Waals surface area contributed by atoms with Crippen LogP contribution in [0.15, 0.2) is 30.3 Å². The normalized spacial score (nSPS) is 17.2. The number of carbonyl (C=O) groups is 1. The Balaban J connectivity index is 1.93. The van der Waals surface area contributed by atoms with Crippen molar-refractivity contribution in [1.29, 1.82) is 0 Å². The Hall–Kier alpha value is -3.24. The highest BCUT2D eigenvalue weighted by molar-refractivity contribution is 5.91. The lowest BCUT2D eigenvalue weighted by Gasteiger charge is -2.33. The van der Waals surface area contributed by atoms with Crippen LogP contribution in [-0.2, 0) is 4.79 Å². The summed E-state index contributed by atoms with van der Waals surface area (Å²) in [6.07, 6.45) is 3.96. The maximum Gasteiger partial charge on any atom is 0.267 e. The molecule has 1 atom stereocenters. The summed E-state index contributed by atoms with van der Waals surface area (Å²) in [5, 5.41) is 8.64. The van der Waals surface area contributed by atoms with E-state index < -0.39 is 40.2 Å². The summed E-state index contributed by atoms with van der Waals surface area (Å²) in [4.78, 5) is 17.6. The molecule has 0 radical (unpaired) electrons. The fraction of sp³-hybridized carbons (Fsp3) is 0.304. The zero-order valence-corrected chi connectivity index (χ0v) is 17.8. The van der Waals surface area contributed by atoms with Crippen LogP contribution in [0.3, 0.4) is 0 Å². The molecule has 0 aliphatic carbocycles. The van der Waals surface area contributed by atoms with Crippen LogP contribution in [0.5, 0.6) is 0 Å². The molecule has 6 nitrogen and oxygen atoms in total. The summed E-state index contributed by atoms with van der Waals surface area (Å²) in [5.74, 6) is -7.36. The maximum absolute atomic E-state index is 15.0. The molecule has 1 amide bonds. The van der Waals surface area contributed by atoms with Crippen molar-refractivity contribution >= 4 is 23.0 Å². The number of piperidine rings is 1. The predicted molar refractivity (Wildman–Crippen MR) is 114 cm³/mol. The van der Waals surface area contributed by atoms with E-state index in [9.17, 15) is 22.4 Å². The third kappa shape index (κ3) is 4.23. The third-order valence-corrected chi connectivity index (χ3v) is 5.88. The van der Waals surface area contributed by atoms with Crippen LogP contribution in [0.25, 0.3) is 28.5 Å². The van der Waals surface area contributed by atoms with Crippen molar-refractivity contribution < 1.29 is 27.6 Å². The highest BCUT2D eigenvalue weighted by Gasteiger charge is 2.31. The lowest BCUT2D eigenvalue weighted by molar-refractivity contribution is -0.124. The first-order valence-corrected chi connectivity index (χ1v) is 10.5. The highest BCUT2D eigenvalue weighted by atomic mass is 19.2. The van der Waals surface area contributed by atoms with Gasteiger partial charge in [0, 0.05) is 24.2 Å². The molecule has 3 aromatic rings. The molecule has 10 heteroatoms. The van der Waals surface area contributed by atoms with E-state index in [1.165, 1.54) is 16.1 Å². The second kappa shape index (κ2) is 9.32. The summed E-state index contributed by atoms with van der Waals surface area (Å²) in [5.41, 5.74) is 1.50. The molecule has 174 valence electrons. The Labute approximate surface area is 187 Å². The molecule has 1 fully saturated rings. The molecule has 2 aromatic carbocycles. The van der Waals surface area contributed by atoms with Crippen molar-refractivity contribution in [1.82, 2.24) is 19.9 Å². The maximum atomic E-state index is 15.0. The average molecular weight is 462 g/mol. The zero-order chi connectivity index (χ0) is 23.7. The van der Waals surface area contributed by atoms with Gasteiger partial charge in [0.25, 0.3) is 5.91 Å². The van der Waals surface area contributed by atoms with E-state index in [4.69, 9.17) is 5.21 Å². The number of imidazole rings is 1. The summed E-state index contributed by atoms with van der Waals surface area (Å²) in [7, 11) is 0. The smallest absolute Gasteiger partial charge is 0.267 e. The Morgan fingerprint density at radius 2 is 1.97 bits per heavy atom. The summed E-state index contributed by atoms with van der Waals surface area (Å²) in [6, 6.07) is 6.28. The van der Waals surface area contributed by atoms with Crippen molar-refractivity contribution in [3.8, 4) is 11.4 Å². The number of carbonyl (C=O) groups excluding carboxylic acids is 1. The van der Waals surface area contributed by atoms with E-state index in [2.05, 4.69) is 9.88 Å². The Morgan fingerprint density at radius 1 is 1.21 bits per heavy atom. The number of nitrogens with one attached hydrogen (secondary N) is 1. The van der Waals surface area contributed by atoms with Gasteiger partial charge in [-0.25, -0.2) is 28.0 Å². The van der Waals surface area contributed by atoms with Crippen molar-refractivity contribution in [2.45, 2.75) is 25.8 Å². The SMILES string of the molecule is CCN1CCCC(n2c(-c3cccc(C=CC(=O)NO)c3)nc3c(F)c(F)c(F)c(F)c32)C1. The molecule has 1 aliphatic rings. The monoisotopic (exact) mass is 462 g/mol. The molecule has 1 unspecified atom stereocenters. The van der Waals surface area contributed by atoms with Gasteiger partial charge < -0.3 is 9.47 Å². The van der Waals surface area contributed by atoms with Gasteiger partial charge in [-0.1, -0.05) is 25.1 Å². The molecule has 0 spiro atoms. The standard InChI is InChI=1S/C23H22F4N4O2/c1-2-30-10-4-7-15(12-30)31-22-20(27)18(25)17(24)19(26)21(22)28-23(31)14-6-3-5-13(11-14)8-9-16(32)29-33/h3,5-6,8-9,11,15,33H,2,4,7,10,12H2,1H3,(H,29,32). The van der Waals surface area contributed by atoms with Crippen molar-refractivity contribution in [2.75, 3.05) is 19.6 Å².